The quantitative estimate of drug-likeness (QED) is 0.611. The number of hydrogen-bond donors (Lipinski definition) is 2. The van der Waals surface area contributed by atoms with E-state index >= 15 is 0 Å². The van der Waals surface area contributed by atoms with Crippen molar-refractivity contribution in [2.45, 2.75) is 31.6 Å². The van der Waals surface area contributed by atoms with Gasteiger partial charge in [0.15, 0.2) is 0 Å². The minimum absolute atomic E-state index is 0.0837. The Morgan fingerprint density at radius 1 is 1.38 bits per heavy atom. The molecule has 0 spiro atoms. The molecule has 0 atom stereocenters. The SMILES string of the molecule is Cc1ccc(C)c(SCC(=O)NCCCc2ncc[nH]2)c1. The number of carbonyl (C=O) groups is 1. The number of aromatic nitrogens is 2. The van der Waals surface area contributed by atoms with E-state index in [1.54, 1.807) is 18.0 Å². The Hall–Kier alpha value is -1.75. The van der Waals surface area contributed by atoms with Gasteiger partial charge in [-0.15, -0.1) is 11.8 Å². The first-order valence-corrected chi connectivity index (χ1v) is 8.09. The molecule has 0 unspecified atom stereocenters. The lowest BCUT2D eigenvalue weighted by molar-refractivity contribution is -0.118. The Kier molecular flexibility index (Phi) is 5.87. The largest absolute Gasteiger partial charge is 0.355 e. The summed E-state index contributed by atoms with van der Waals surface area (Å²) in [7, 11) is 0. The second-order valence-electron chi connectivity index (χ2n) is 5.05. The molecular weight excluding hydrogens is 282 g/mol. The zero-order valence-corrected chi connectivity index (χ0v) is 13.3. The van der Waals surface area contributed by atoms with Crippen molar-refractivity contribution in [1.29, 1.82) is 0 Å². The van der Waals surface area contributed by atoms with Crippen molar-refractivity contribution >= 4 is 17.7 Å². The number of carbonyl (C=O) groups excluding carboxylic acids is 1. The fourth-order valence-electron chi connectivity index (χ4n) is 1.98. The zero-order chi connectivity index (χ0) is 15.1. The highest BCUT2D eigenvalue weighted by molar-refractivity contribution is 8.00. The number of thioether (sulfide) groups is 1. The third-order valence-corrected chi connectivity index (χ3v) is 4.33. The second-order valence-corrected chi connectivity index (χ2v) is 6.06. The van der Waals surface area contributed by atoms with Crippen LogP contribution in [0.2, 0.25) is 0 Å². The predicted molar refractivity (Wildman–Crippen MR) is 86.6 cm³/mol. The standard InChI is InChI=1S/C16H21N3OS/c1-12-5-6-13(2)14(10-12)21-11-16(20)19-7-3-4-15-17-8-9-18-15/h5-6,8-10H,3-4,7,11H2,1-2H3,(H,17,18)(H,19,20). The number of rotatable bonds is 7. The molecule has 2 N–H and O–H groups in total. The molecule has 0 aliphatic heterocycles. The molecule has 0 fully saturated rings. The van der Waals surface area contributed by atoms with E-state index in [9.17, 15) is 4.79 Å². The molecule has 112 valence electrons. The number of imidazole rings is 1. The molecule has 21 heavy (non-hydrogen) atoms. The van der Waals surface area contributed by atoms with Gasteiger partial charge in [-0.2, -0.15) is 0 Å². The van der Waals surface area contributed by atoms with E-state index in [1.807, 2.05) is 6.20 Å². The monoisotopic (exact) mass is 303 g/mol. The highest BCUT2D eigenvalue weighted by Crippen LogP contribution is 2.23. The first kappa shape index (κ1) is 15.6. The number of nitrogens with one attached hydrogen (secondary N) is 2. The van der Waals surface area contributed by atoms with E-state index < -0.39 is 0 Å². The highest BCUT2D eigenvalue weighted by atomic mass is 32.2. The van der Waals surface area contributed by atoms with Gasteiger partial charge in [0, 0.05) is 30.3 Å². The first-order valence-electron chi connectivity index (χ1n) is 7.10. The van der Waals surface area contributed by atoms with Crippen LogP contribution in [0.5, 0.6) is 0 Å². The van der Waals surface area contributed by atoms with E-state index in [0.717, 1.165) is 18.7 Å². The molecular formula is C16H21N3OS. The smallest absolute Gasteiger partial charge is 0.230 e. The van der Waals surface area contributed by atoms with Crippen LogP contribution in [-0.2, 0) is 11.2 Å². The van der Waals surface area contributed by atoms with Gasteiger partial charge in [-0.1, -0.05) is 17.7 Å². The van der Waals surface area contributed by atoms with Crippen molar-refractivity contribution < 1.29 is 4.79 Å². The van der Waals surface area contributed by atoms with Gasteiger partial charge in [-0.3, -0.25) is 4.79 Å². The molecule has 1 amide bonds. The van der Waals surface area contributed by atoms with Gasteiger partial charge >= 0.3 is 0 Å². The van der Waals surface area contributed by atoms with Crippen LogP contribution in [0.25, 0.3) is 0 Å². The van der Waals surface area contributed by atoms with Crippen LogP contribution in [0.15, 0.2) is 35.5 Å². The lowest BCUT2D eigenvalue weighted by atomic mass is 10.2. The number of amides is 1. The van der Waals surface area contributed by atoms with Gasteiger partial charge in [-0.25, -0.2) is 4.98 Å². The van der Waals surface area contributed by atoms with Crippen LogP contribution >= 0.6 is 11.8 Å². The van der Waals surface area contributed by atoms with Crippen molar-refractivity contribution in [2.24, 2.45) is 0 Å². The third-order valence-electron chi connectivity index (χ3n) is 3.17. The van der Waals surface area contributed by atoms with E-state index in [2.05, 4.69) is 47.3 Å². The van der Waals surface area contributed by atoms with E-state index in [-0.39, 0.29) is 5.91 Å². The lowest BCUT2D eigenvalue weighted by Gasteiger charge is -2.07. The number of nitrogens with zero attached hydrogens (tertiary/aromatic N) is 1. The maximum atomic E-state index is 11.8. The minimum Gasteiger partial charge on any atom is -0.355 e. The fourth-order valence-corrected chi connectivity index (χ4v) is 2.93. The van der Waals surface area contributed by atoms with Gasteiger partial charge in [-0.05, 0) is 31.9 Å². The summed E-state index contributed by atoms with van der Waals surface area (Å²) >= 11 is 1.59. The molecule has 0 bridgehead atoms. The van der Waals surface area contributed by atoms with Gasteiger partial charge < -0.3 is 10.3 Å². The molecule has 0 saturated carbocycles. The second kappa shape index (κ2) is 7.88. The molecule has 2 rings (SSSR count). The molecule has 5 heteroatoms. The summed E-state index contributed by atoms with van der Waals surface area (Å²) in [5.74, 6) is 1.51. The maximum Gasteiger partial charge on any atom is 0.230 e. The third kappa shape index (κ3) is 5.27. The van der Waals surface area contributed by atoms with Crippen molar-refractivity contribution in [1.82, 2.24) is 15.3 Å². The van der Waals surface area contributed by atoms with E-state index in [0.29, 0.717) is 12.3 Å². The van der Waals surface area contributed by atoms with Crippen LogP contribution in [0, 0.1) is 13.8 Å². The Morgan fingerprint density at radius 3 is 3.00 bits per heavy atom. The number of benzene rings is 1. The van der Waals surface area contributed by atoms with Crippen LogP contribution < -0.4 is 5.32 Å². The number of aryl methyl sites for hydroxylation is 3. The maximum absolute atomic E-state index is 11.8. The average molecular weight is 303 g/mol. The number of hydrogen-bond acceptors (Lipinski definition) is 3. The molecule has 0 radical (unpaired) electrons. The fraction of sp³-hybridized carbons (Fsp3) is 0.375. The number of aromatic amines is 1. The van der Waals surface area contributed by atoms with E-state index in [4.69, 9.17) is 0 Å². The first-order chi connectivity index (χ1) is 10.1. The Morgan fingerprint density at radius 2 is 2.24 bits per heavy atom. The molecule has 2 aromatic rings. The van der Waals surface area contributed by atoms with Crippen molar-refractivity contribution in [3.8, 4) is 0 Å². The van der Waals surface area contributed by atoms with Gasteiger partial charge in [0.05, 0.1) is 5.75 Å². The Labute approximate surface area is 129 Å². The summed E-state index contributed by atoms with van der Waals surface area (Å²) < 4.78 is 0. The van der Waals surface area contributed by atoms with Crippen LogP contribution in [0.1, 0.15) is 23.4 Å². The molecule has 1 aromatic heterocycles. The van der Waals surface area contributed by atoms with E-state index in [1.165, 1.54) is 16.0 Å². The van der Waals surface area contributed by atoms with Gasteiger partial charge in [0.1, 0.15) is 5.82 Å². The van der Waals surface area contributed by atoms with Crippen LogP contribution in [-0.4, -0.2) is 28.2 Å². The highest BCUT2D eigenvalue weighted by Gasteiger charge is 2.05. The molecule has 1 heterocycles. The lowest BCUT2D eigenvalue weighted by Crippen LogP contribution is -2.26. The summed E-state index contributed by atoms with van der Waals surface area (Å²) in [6, 6.07) is 6.32. The number of H-pyrrole nitrogens is 1. The summed E-state index contributed by atoms with van der Waals surface area (Å²) in [6.45, 7) is 4.83. The van der Waals surface area contributed by atoms with Gasteiger partial charge in [0.25, 0.3) is 0 Å². The molecule has 0 saturated heterocycles. The van der Waals surface area contributed by atoms with Gasteiger partial charge in [0.2, 0.25) is 5.91 Å². The summed E-state index contributed by atoms with van der Waals surface area (Å²) in [4.78, 5) is 20.2. The summed E-state index contributed by atoms with van der Waals surface area (Å²) in [5.41, 5.74) is 2.44. The van der Waals surface area contributed by atoms with Crippen LogP contribution in [0.4, 0.5) is 0 Å². The molecule has 0 aliphatic carbocycles. The summed E-state index contributed by atoms with van der Waals surface area (Å²) in [6.07, 6.45) is 5.31. The van der Waals surface area contributed by atoms with Crippen molar-refractivity contribution in [3.63, 3.8) is 0 Å². The Balaban J connectivity index is 1.66. The van der Waals surface area contributed by atoms with Crippen LogP contribution in [0.3, 0.4) is 0 Å². The average Bonchev–Trinajstić information content (AvgIpc) is 2.98. The zero-order valence-electron chi connectivity index (χ0n) is 12.5. The minimum atomic E-state index is 0.0837. The molecule has 1 aromatic carbocycles. The molecule has 0 aliphatic rings. The topological polar surface area (TPSA) is 57.8 Å². The van der Waals surface area contributed by atoms with Crippen molar-refractivity contribution in [3.05, 3.63) is 47.5 Å². The van der Waals surface area contributed by atoms with Crippen molar-refractivity contribution in [2.75, 3.05) is 12.3 Å². The Bertz CT molecular complexity index is 581. The predicted octanol–water partition coefficient (Wildman–Crippen LogP) is 2.87. The summed E-state index contributed by atoms with van der Waals surface area (Å²) in [5, 5.41) is 2.95. The normalized spacial score (nSPS) is 10.6. The molecule has 4 nitrogen and oxygen atoms in total.